The first-order chi connectivity index (χ1) is 12.6. The molecule has 0 bridgehead atoms. The van der Waals surface area contributed by atoms with E-state index in [0.717, 1.165) is 16.7 Å². The Kier molecular flexibility index (Phi) is 5.23. The molecule has 0 aliphatic carbocycles. The lowest BCUT2D eigenvalue weighted by Crippen LogP contribution is -2.25. The zero-order valence-electron chi connectivity index (χ0n) is 13.5. The molecule has 0 saturated carbocycles. The zero-order valence-corrected chi connectivity index (χ0v) is 14.3. The van der Waals surface area contributed by atoms with E-state index < -0.39 is 4.92 Å². The Balaban J connectivity index is 1.50. The standard InChI is InChI=1S/C16H15N5O4S/c22-15(10-8-13(21(24)25)26-9-10)18-7-3-6-17-14-11-4-1-2-5-12(11)16(23)20-19-14/h1-2,4-5,8-9H,3,6-7H2,(H,17,19)(H,18,22)(H,20,23). The Morgan fingerprint density at radius 1 is 1.27 bits per heavy atom. The average Bonchev–Trinajstić information content (AvgIpc) is 3.14. The molecule has 2 heterocycles. The van der Waals surface area contributed by atoms with Crippen LogP contribution in [0.25, 0.3) is 10.8 Å². The molecule has 0 radical (unpaired) electrons. The third-order valence-corrected chi connectivity index (χ3v) is 4.54. The van der Waals surface area contributed by atoms with Gasteiger partial charge in [0.05, 0.1) is 15.9 Å². The van der Waals surface area contributed by atoms with Gasteiger partial charge in [-0.05, 0) is 12.5 Å². The number of nitrogens with zero attached hydrogens (tertiary/aromatic N) is 2. The number of H-pyrrole nitrogens is 1. The van der Waals surface area contributed by atoms with E-state index in [2.05, 4.69) is 20.8 Å². The van der Waals surface area contributed by atoms with Gasteiger partial charge in [-0.2, -0.15) is 5.10 Å². The predicted molar refractivity (Wildman–Crippen MR) is 98.8 cm³/mol. The SMILES string of the molecule is O=C(NCCCNc1n[nH]c(=O)c2ccccc12)c1csc([N+](=O)[O-])c1. The van der Waals surface area contributed by atoms with Crippen LogP contribution in [0.4, 0.5) is 10.8 Å². The van der Waals surface area contributed by atoms with E-state index >= 15 is 0 Å². The van der Waals surface area contributed by atoms with Gasteiger partial charge in [0, 0.05) is 29.9 Å². The summed E-state index contributed by atoms with van der Waals surface area (Å²) in [5.74, 6) is 0.224. The van der Waals surface area contributed by atoms with E-state index in [1.165, 1.54) is 11.4 Å². The number of anilines is 1. The van der Waals surface area contributed by atoms with Crippen molar-refractivity contribution in [2.45, 2.75) is 6.42 Å². The number of fused-ring (bicyclic) bond motifs is 1. The number of amides is 1. The lowest BCUT2D eigenvalue weighted by atomic mass is 10.2. The molecule has 134 valence electrons. The molecule has 26 heavy (non-hydrogen) atoms. The topological polar surface area (TPSA) is 130 Å². The lowest BCUT2D eigenvalue weighted by Gasteiger charge is -2.08. The minimum absolute atomic E-state index is 0.0622. The number of carbonyl (C=O) groups is 1. The number of nitro groups is 1. The van der Waals surface area contributed by atoms with Crippen molar-refractivity contribution in [2.24, 2.45) is 0 Å². The number of rotatable bonds is 7. The zero-order chi connectivity index (χ0) is 18.5. The highest BCUT2D eigenvalue weighted by Gasteiger charge is 2.14. The van der Waals surface area contributed by atoms with Crippen molar-refractivity contribution < 1.29 is 9.72 Å². The molecule has 3 rings (SSSR count). The van der Waals surface area contributed by atoms with Gasteiger partial charge in [-0.25, -0.2) is 5.10 Å². The van der Waals surface area contributed by atoms with E-state index in [-0.39, 0.29) is 22.0 Å². The summed E-state index contributed by atoms with van der Waals surface area (Å²) in [7, 11) is 0. The number of hydrogen-bond acceptors (Lipinski definition) is 7. The van der Waals surface area contributed by atoms with Crippen molar-refractivity contribution in [1.82, 2.24) is 15.5 Å². The third kappa shape index (κ3) is 3.86. The maximum absolute atomic E-state index is 11.9. The minimum atomic E-state index is -0.521. The van der Waals surface area contributed by atoms with E-state index in [4.69, 9.17) is 0 Å². The molecule has 0 atom stereocenters. The fourth-order valence-electron chi connectivity index (χ4n) is 2.39. The first kappa shape index (κ1) is 17.5. The molecule has 3 N–H and O–H groups in total. The van der Waals surface area contributed by atoms with Gasteiger partial charge in [-0.1, -0.05) is 29.5 Å². The highest BCUT2D eigenvalue weighted by molar-refractivity contribution is 7.13. The first-order valence-corrected chi connectivity index (χ1v) is 8.66. The third-order valence-electron chi connectivity index (χ3n) is 3.66. The van der Waals surface area contributed by atoms with E-state index in [9.17, 15) is 19.7 Å². The van der Waals surface area contributed by atoms with Crippen LogP contribution in [0.2, 0.25) is 0 Å². The number of aromatic amines is 1. The molecule has 0 aliphatic rings. The second kappa shape index (κ2) is 7.74. The van der Waals surface area contributed by atoms with Crippen molar-refractivity contribution in [3.63, 3.8) is 0 Å². The summed E-state index contributed by atoms with van der Waals surface area (Å²) in [6.07, 6.45) is 0.618. The molecule has 1 amide bonds. The summed E-state index contributed by atoms with van der Waals surface area (Å²) in [5, 5.41) is 25.6. The highest BCUT2D eigenvalue weighted by atomic mass is 32.1. The van der Waals surface area contributed by atoms with Crippen molar-refractivity contribution in [3.05, 3.63) is 61.7 Å². The van der Waals surface area contributed by atoms with Crippen LogP contribution in [-0.4, -0.2) is 34.1 Å². The van der Waals surface area contributed by atoms with Gasteiger partial charge in [0.2, 0.25) is 0 Å². The second-order valence-electron chi connectivity index (χ2n) is 5.41. The Labute approximate surface area is 151 Å². The molecular weight excluding hydrogens is 358 g/mol. The Morgan fingerprint density at radius 2 is 2.04 bits per heavy atom. The normalized spacial score (nSPS) is 10.6. The van der Waals surface area contributed by atoms with Crippen LogP contribution >= 0.6 is 11.3 Å². The lowest BCUT2D eigenvalue weighted by molar-refractivity contribution is -0.380. The average molecular weight is 373 g/mol. The molecule has 0 unspecified atom stereocenters. The maximum atomic E-state index is 11.9. The molecule has 10 heteroatoms. The molecule has 3 aromatic rings. The number of thiophene rings is 1. The van der Waals surface area contributed by atoms with Crippen LogP contribution in [0.1, 0.15) is 16.8 Å². The van der Waals surface area contributed by atoms with Crippen LogP contribution in [0, 0.1) is 10.1 Å². The van der Waals surface area contributed by atoms with Gasteiger partial charge >= 0.3 is 5.00 Å². The molecule has 0 saturated heterocycles. The first-order valence-electron chi connectivity index (χ1n) is 7.78. The molecule has 0 spiro atoms. The molecule has 9 nitrogen and oxygen atoms in total. The number of nitrogens with one attached hydrogen (secondary N) is 3. The van der Waals surface area contributed by atoms with Gasteiger partial charge in [0.25, 0.3) is 11.5 Å². The molecule has 1 aromatic carbocycles. The van der Waals surface area contributed by atoms with Crippen molar-refractivity contribution in [3.8, 4) is 0 Å². The Morgan fingerprint density at radius 3 is 2.77 bits per heavy atom. The molecule has 0 fully saturated rings. The molecular formula is C16H15N5O4S. The summed E-state index contributed by atoms with van der Waals surface area (Å²) < 4.78 is 0. The quantitative estimate of drug-likeness (QED) is 0.330. The van der Waals surface area contributed by atoms with E-state index in [0.29, 0.717) is 30.7 Å². The number of aromatic nitrogens is 2. The summed E-state index contributed by atoms with van der Waals surface area (Å²) >= 11 is 0.920. The monoisotopic (exact) mass is 373 g/mol. The smallest absolute Gasteiger partial charge is 0.324 e. The fourth-order valence-corrected chi connectivity index (χ4v) is 3.09. The van der Waals surface area contributed by atoms with Crippen LogP contribution < -0.4 is 16.2 Å². The predicted octanol–water partition coefficient (Wildman–Crippen LogP) is 2.12. The van der Waals surface area contributed by atoms with Crippen molar-refractivity contribution >= 4 is 38.8 Å². The minimum Gasteiger partial charge on any atom is -0.368 e. The molecule has 2 aromatic heterocycles. The van der Waals surface area contributed by atoms with Crippen molar-refractivity contribution in [1.29, 1.82) is 0 Å². The summed E-state index contributed by atoms with van der Waals surface area (Å²) in [6.45, 7) is 0.934. The number of carbonyl (C=O) groups excluding carboxylic acids is 1. The van der Waals surface area contributed by atoms with E-state index in [1.54, 1.807) is 12.1 Å². The van der Waals surface area contributed by atoms with Gasteiger partial charge in [-0.15, -0.1) is 0 Å². The Bertz CT molecular complexity index is 1010. The van der Waals surface area contributed by atoms with Crippen LogP contribution in [0.3, 0.4) is 0 Å². The van der Waals surface area contributed by atoms with Crippen LogP contribution in [0.15, 0.2) is 40.5 Å². The van der Waals surface area contributed by atoms with Gasteiger partial charge < -0.3 is 10.6 Å². The Hall–Kier alpha value is -3.27. The summed E-state index contributed by atoms with van der Waals surface area (Å²) in [5.41, 5.74) is 0.0335. The van der Waals surface area contributed by atoms with Gasteiger partial charge in [0.1, 0.15) is 0 Å². The van der Waals surface area contributed by atoms with Gasteiger partial charge in [0.15, 0.2) is 5.82 Å². The number of benzene rings is 1. The van der Waals surface area contributed by atoms with Crippen molar-refractivity contribution in [2.75, 3.05) is 18.4 Å². The van der Waals surface area contributed by atoms with Gasteiger partial charge in [-0.3, -0.25) is 19.7 Å². The van der Waals surface area contributed by atoms with Crippen LogP contribution in [0.5, 0.6) is 0 Å². The summed E-state index contributed by atoms with van der Waals surface area (Å²) in [4.78, 5) is 33.8. The fraction of sp³-hybridized carbons (Fsp3) is 0.188. The second-order valence-corrected chi connectivity index (χ2v) is 6.30. The van der Waals surface area contributed by atoms with Crippen LogP contribution in [-0.2, 0) is 0 Å². The highest BCUT2D eigenvalue weighted by Crippen LogP contribution is 2.22. The maximum Gasteiger partial charge on any atom is 0.324 e. The summed E-state index contributed by atoms with van der Waals surface area (Å²) in [6, 6.07) is 8.40. The largest absolute Gasteiger partial charge is 0.368 e. The van der Waals surface area contributed by atoms with E-state index in [1.807, 2.05) is 12.1 Å². The molecule has 0 aliphatic heterocycles. The number of hydrogen-bond donors (Lipinski definition) is 3.